The third kappa shape index (κ3) is 5.20. The molecule has 0 atom stereocenters. The Kier molecular flexibility index (Phi) is 6.58. The summed E-state index contributed by atoms with van der Waals surface area (Å²) in [7, 11) is -3.66. The van der Waals surface area contributed by atoms with E-state index in [-0.39, 0.29) is 10.8 Å². The molecule has 0 radical (unpaired) electrons. The van der Waals surface area contributed by atoms with Crippen molar-refractivity contribution in [1.29, 1.82) is 0 Å². The fourth-order valence-corrected chi connectivity index (χ4v) is 3.47. The van der Waals surface area contributed by atoms with E-state index in [2.05, 4.69) is 10.0 Å². The van der Waals surface area contributed by atoms with Crippen LogP contribution in [0.5, 0.6) is 0 Å². The maximum Gasteiger partial charge on any atom is 0.261 e. The Morgan fingerprint density at radius 2 is 1.73 bits per heavy atom. The van der Waals surface area contributed by atoms with Crippen LogP contribution in [0.4, 0.5) is 5.69 Å². The van der Waals surface area contributed by atoms with Crippen LogP contribution in [0.15, 0.2) is 59.5 Å². The Bertz CT molecular complexity index is 901. The first-order valence-electron chi connectivity index (χ1n) is 8.43. The first-order chi connectivity index (χ1) is 12.3. The van der Waals surface area contributed by atoms with Gasteiger partial charge in [-0.05, 0) is 74.7 Å². The Hall–Kier alpha value is -2.60. The number of aryl methyl sites for hydroxylation is 2. The summed E-state index contributed by atoms with van der Waals surface area (Å²) < 4.78 is 27.5. The highest BCUT2D eigenvalue weighted by molar-refractivity contribution is 7.92. The molecule has 0 aliphatic rings. The van der Waals surface area contributed by atoms with Crippen LogP contribution in [-0.4, -0.2) is 20.9 Å². The van der Waals surface area contributed by atoms with Crippen molar-refractivity contribution in [3.8, 4) is 0 Å². The average molecular weight is 372 g/mol. The van der Waals surface area contributed by atoms with Gasteiger partial charge < -0.3 is 5.32 Å². The number of anilines is 1. The van der Waals surface area contributed by atoms with E-state index < -0.39 is 10.0 Å². The third-order valence-electron chi connectivity index (χ3n) is 4.02. The summed E-state index contributed by atoms with van der Waals surface area (Å²) in [5, 5.41) is 2.81. The van der Waals surface area contributed by atoms with Gasteiger partial charge in [0, 0.05) is 17.8 Å². The van der Waals surface area contributed by atoms with Gasteiger partial charge in [0.05, 0.1) is 4.90 Å². The van der Waals surface area contributed by atoms with Crippen LogP contribution in [0, 0.1) is 13.8 Å². The number of allylic oxidation sites excluding steroid dienone is 1. The number of sulfonamides is 1. The van der Waals surface area contributed by atoms with Crippen molar-refractivity contribution in [3.63, 3.8) is 0 Å². The summed E-state index contributed by atoms with van der Waals surface area (Å²) >= 11 is 0. The zero-order chi connectivity index (χ0) is 19.2. The van der Waals surface area contributed by atoms with Crippen molar-refractivity contribution >= 4 is 21.6 Å². The second kappa shape index (κ2) is 8.67. The predicted molar refractivity (Wildman–Crippen MR) is 105 cm³/mol. The molecule has 0 saturated heterocycles. The summed E-state index contributed by atoms with van der Waals surface area (Å²) in [4.78, 5) is 12.2. The van der Waals surface area contributed by atoms with Crippen molar-refractivity contribution in [1.82, 2.24) is 5.32 Å². The SMILES string of the molecule is C/C=C/CCNC(=O)c1ccc(NS(=O)(=O)c2ccc(C)c(C)c2)cc1. The molecule has 0 aromatic heterocycles. The number of hydrogen-bond donors (Lipinski definition) is 2. The normalized spacial score (nSPS) is 11.5. The number of nitrogens with one attached hydrogen (secondary N) is 2. The molecule has 2 N–H and O–H groups in total. The number of amides is 1. The van der Waals surface area contributed by atoms with Gasteiger partial charge in [0.2, 0.25) is 0 Å². The van der Waals surface area contributed by atoms with E-state index in [1.165, 1.54) is 0 Å². The summed E-state index contributed by atoms with van der Waals surface area (Å²) in [5.41, 5.74) is 2.85. The van der Waals surface area contributed by atoms with Gasteiger partial charge in [-0.25, -0.2) is 8.42 Å². The standard InChI is InChI=1S/C20H24N2O3S/c1-4-5-6-13-21-20(23)17-8-10-18(11-9-17)22-26(24,25)19-12-7-15(2)16(3)14-19/h4-5,7-12,14,22H,6,13H2,1-3H3,(H,21,23)/b5-4+. The molecule has 6 heteroatoms. The van der Waals surface area contributed by atoms with E-state index in [0.717, 1.165) is 17.5 Å². The first kappa shape index (κ1) is 19.7. The number of hydrogen-bond acceptors (Lipinski definition) is 3. The maximum atomic E-state index is 12.5. The molecule has 0 saturated carbocycles. The van der Waals surface area contributed by atoms with Crippen molar-refractivity contribution in [2.24, 2.45) is 0 Å². The fourth-order valence-electron chi connectivity index (χ4n) is 2.32. The van der Waals surface area contributed by atoms with Gasteiger partial charge in [-0.2, -0.15) is 0 Å². The van der Waals surface area contributed by atoms with Crippen LogP contribution in [0.1, 0.15) is 34.8 Å². The van der Waals surface area contributed by atoms with Crippen molar-refractivity contribution in [2.45, 2.75) is 32.1 Å². The number of carbonyl (C=O) groups excluding carboxylic acids is 1. The highest BCUT2D eigenvalue weighted by atomic mass is 32.2. The molecule has 0 spiro atoms. The van der Waals surface area contributed by atoms with Gasteiger partial charge >= 0.3 is 0 Å². The van der Waals surface area contributed by atoms with E-state index in [4.69, 9.17) is 0 Å². The van der Waals surface area contributed by atoms with Gasteiger partial charge in [0.1, 0.15) is 0 Å². The van der Waals surface area contributed by atoms with E-state index in [9.17, 15) is 13.2 Å². The summed E-state index contributed by atoms with van der Waals surface area (Å²) in [6.07, 6.45) is 4.68. The molecule has 0 heterocycles. The molecule has 0 aliphatic carbocycles. The smallest absolute Gasteiger partial charge is 0.261 e. The molecular formula is C20H24N2O3S. The zero-order valence-corrected chi connectivity index (χ0v) is 16.1. The fraction of sp³-hybridized carbons (Fsp3) is 0.250. The Balaban J connectivity index is 2.06. The Morgan fingerprint density at radius 1 is 1.04 bits per heavy atom. The van der Waals surface area contributed by atoms with Gasteiger partial charge in [0.15, 0.2) is 0 Å². The van der Waals surface area contributed by atoms with Gasteiger partial charge in [-0.1, -0.05) is 18.2 Å². The third-order valence-corrected chi connectivity index (χ3v) is 5.40. The lowest BCUT2D eigenvalue weighted by atomic mass is 10.1. The maximum absolute atomic E-state index is 12.5. The molecule has 2 aromatic carbocycles. The molecule has 0 unspecified atom stereocenters. The molecule has 26 heavy (non-hydrogen) atoms. The Labute approximate surface area is 155 Å². The minimum Gasteiger partial charge on any atom is -0.352 e. The highest BCUT2D eigenvalue weighted by Gasteiger charge is 2.15. The lowest BCUT2D eigenvalue weighted by Crippen LogP contribution is -2.24. The largest absolute Gasteiger partial charge is 0.352 e. The molecule has 2 rings (SSSR count). The van der Waals surface area contributed by atoms with E-state index in [0.29, 0.717) is 17.8 Å². The second-order valence-corrected chi connectivity index (χ2v) is 7.72. The topological polar surface area (TPSA) is 75.3 Å². The zero-order valence-electron chi connectivity index (χ0n) is 15.2. The van der Waals surface area contributed by atoms with Crippen LogP contribution in [-0.2, 0) is 10.0 Å². The van der Waals surface area contributed by atoms with Gasteiger partial charge in [-0.3, -0.25) is 9.52 Å². The summed E-state index contributed by atoms with van der Waals surface area (Å²) in [6, 6.07) is 11.4. The van der Waals surface area contributed by atoms with E-state index in [1.807, 2.05) is 32.9 Å². The molecule has 5 nitrogen and oxygen atoms in total. The van der Waals surface area contributed by atoms with Crippen LogP contribution in [0.2, 0.25) is 0 Å². The highest BCUT2D eigenvalue weighted by Crippen LogP contribution is 2.19. The molecule has 1 amide bonds. The summed E-state index contributed by atoms with van der Waals surface area (Å²) in [6.45, 7) is 6.30. The van der Waals surface area contributed by atoms with Gasteiger partial charge in [0.25, 0.3) is 15.9 Å². The van der Waals surface area contributed by atoms with Crippen LogP contribution >= 0.6 is 0 Å². The quantitative estimate of drug-likeness (QED) is 0.573. The molecule has 0 aliphatic heterocycles. The molecule has 0 bridgehead atoms. The first-order valence-corrected chi connectivity index (χ1v) is 9.91. The Morgan fingerprint density at radius 3 is 2.35 bits per heavy atom. The number of carbonyl (C=O) groups is 1. The lowest BCUT2D eigenvalue weighted by Gasteiger charge is -2.10. The van der Waals surface area contributed by atoms with Crippen LogP contribution in [0.3, 0.4) is 0 Å². The number of benzene rings is 2. The van der Waals surface area contributed by atoms with Crippen molar-refractivity contribution in [3.05, 3.63) is 71.3 Å². The van der Waals surface area contributed by atoms with Gasteiger partial charge in [-0.15, -0.1) is 0 Å². The predicted octanol–water partition coefficient (Wildman–Crippen LogP) is 3.80. The molecule has 2 aromatic rings. The van der Waals surface area contributed by atoms with Crippen LogP contribution in [0.25, 0.3) is 0 Å². The van der Waals surface area contributed by atoms with E-state index in [1.54, 1.807) is 42.5 Å². The lowest BCUT2D eigenvalue weighted by molar-refractivity contribution is 0.0954. The van der Waals surface area contributed by atoms with Crippen molar-refractivity contribution in [2.75, 3.05) is 11.3 Å². The van der Waals surface area contributed by atoms with E-state index >= 15 is 0 Å². The van der Waals surface area contributed by atoms with Crippen LogP contribution < -0.4 is 10.0 Å². The molecular weight excluding hydrogens is 348 g/mol. The minimum absolute atomic E-state index is 0.182. The monoisotopic (exact) mass is 372 g/mol. The minimum atomic E-state index is -3.66. The second-order valence-electron chi connectivity index (χ2n) is 6.04. The average Bonchev–Trinajstić information content (AvgIpc) is 2.61. The summed E-state index contributed by atoms with van der Waals surface area (Å²) in [5.74, 6) is -0.182. The van der Waals surface area contributed by atoms with Crippen molar-refractivity contribution < 1.29 is 13.2 Å². The molecule has 0 fully saturated rings. The molecule has 138 valence electrons. The number of rotatable bonds is 7.